The summed E-state index contributed by atoms with van der Waals surface area (Å²) < 4.78 is 5.34. The molecule has 0 aromatic heterocycles. The van der Waals surface area contributed by atoms with Gasteiger partial charge in [0, 0.05) is 26.1 Å². The number of aromatic hydroxyl groups is 1. The monoisotopic (exact) mass is 412 g/mol. The topological polar surface area (TPSA) is 63.6 Å². The van der Waals surface area contributed by atoms with E-state index in [9.17, 15) is 14.7 Å². The number of benzene rings is 4. The van der Waals surface area contributed by atoms with E-state index in [1.807, 2.05) is 42.5 Å². The van der Waals surface area contributed by atoms with E-state index in [1.54, 1.807) is 30.3 Å². The van der Waals surface area contributed by atoms with Crippen molar-refractivity contribution in [2.75, 3.05) is 7.11 Å². The molecule has 5 rings (SSSR count). The van der Waals surface area contributed by atoms with Crippen molar-refractivity contribution in [1.82, 2.24) is 0 Å². The predicted octanol–water partition coefficient (Wildman–Crippen LogP) is 5.48. The highest BCUT2D eigenvalue weighted by molar-refractivity contribution is 7.99. The van der Waals surface area contributed by atoms with E-state index in [0.29, 0.717) is 16.0 Å². The average molecular weight is 412 g/mol. The van der Waals surface area contributed by atoms with E-state index >= 15 is 0 Å². The molecular formula is C25H16O4S. The van der Waals surface area contributed by atoms with Gasteiger partial charge in [-0.15, -0.1) is 0 Å². The first-order chi connectivity index (χ1) is 14.6. The third-order valence-corrected chi connectivity index (χ3v) is 6.41. The highest BCUT2D eigenvalue weighted by Crippen LogP contribution is 2.47. The number of carbonyl (C=O) groups is 2. The Kier molecular flexibility index (Phi) is 4.33. The molecule has 1 N–H and O–H groups in total. The molecule has 4 nitrogen and oxygen atoms in total. The lowest BCUT2D eigenvalue weighted by Gasteiger charge is -2.24. The lowest BCUT2D eigenvalue weighted by molar-refractivity contribution is 0.0972. The number of rotatable bonds is 3. The number of ether oxygens (including phenoxy) is 1. The highest BCUT2D eigenvalue weighted by Gasteiger charge is 2.37. The normalized spacial score (nSPS) is 12.6. The van der Waals surface area contributed by atoms with Crippen molar-refractivity contribution in [2.24, 2.45) is 0 Å². The molecule has 1 aliphatic carbocycles. The fourth-order valence-electron chi connectivity index (χ4n) is 3.92. The van der Waals surface area contributed by atoms with Crippen LogP contribution in [0.3, 0.4) is 0 Å². The zero-order valence-corrected chi connectivity index (χ0v) is 16.8. The molecule has 0 spiro atoms. The lowest BCUT2D eigenvalue weighted by atomic mass is 9.81. The van der Waals surface area contributed by atoms with Gasteiger partial charge < -0.3 is 9.84 Å². The first-order valence-corrected chi connectivity index (χ1v) is 10.2. The van der Waals surface area contributed by atoms with Crippen LogP contribution in [-0.2, 0) is 0 Å². The maximum atomic E-state index is 13.6. The van der Waals surface area contributed by atoms with Crippen molar-refractivity contribution in [1.29, 1.82) is 0 Å². The summed E-state index contributed by atoms with van der Waals surface area (Å²) in [6.07, 6.45) is 0. The van der Waals surface area contributed by atoms with Crippen LogP contribution in [0.1, 0.15) is 31.8 Å². The fraction of sp³-hybridized carbons (Fsp3) is 0.0400. The summed E-state index contributed by atoms with van der Waals surface area (Å²) in [6, 6.07) is 21.9. The van der Waals surface area contributed by atoms with E-state index < -0.39 is 5.78 Å². The van der Waals surface area contributed by atoms with Crippen molar-refractivity contribution in [2.45, 2.75) is 9.79 Å². The van der Waals surface area contributed by atoms with Crippen LogP contribution in [0.4, 0.5) is 0 Å². The number of carbonyl (C=O) groups excluding carboxylic acids is 2. The molecule has 0 bridgehead atoms. The molecule has 1 aliphatic rings. The van der Waals surface area contributed by atoms with Crippen LogP contribution in [0.25, 0.3) is 10.8 Å². The van der Waals surface area contributed by atoms with Gasteiger partial charge in [-0.3, -0.25) is 9.59 Å². The molecule has 4 aromatic rings. The Labute approximate surface area is 177 Å². The zero-order chi connectivity index (χ0) is 20.8. The van der Waals surface area contributed by atoms with Gasteiger partial charge in [0.25, 0.3) is 0 Å². The lowest BCUT2D eigenvalue weighted by Crippen LogP contribution is -2.23. The molecule has 5 heteroatoms. The van der Waals surface area contributed by atoms with Crippen molar-refractivity contribution in [3.05, 3.63) is 95.1 Å². The molecule has 0 aliphatic heterocycles. The number of methoxy groups -OCH3 is 1. The molecule has 0 unspecified atom stereocenters. The third kappa shape index (κ3) is 2.63. The summed E-state index contributed by atoms with van der Waals surface area (Å²) in [5.74, 6) is -0.553. The van der Waals surface area contributed by atoms with E-state index in [4.69, 9.17) is 4.74 Å². The number of ketones is 2. The fourth-order valence-corrected chi connectivity index (χ4v) is 5.04. The molecule has 0 amide bonds. The zero-order valence-electron chi connectivity index (χ0n) is 16.0. The molecule has 0 radical (unpaired) electrons. The van der Waals surface area contributed by atoms with Crippen LogP contribution < -0.4 is 4.74 Å². The summed E-state index contributed by atoms with van der Waals surface area (Å²) in [5.41, 5.74) is 0.759. The van der Waals surface area contributed by atoms with Crippen LogP contribution in [0.2, 0.25) is 0 Å². The van der Waals surface area contributed by atoms with Crippen LogP contribution in [-0.4, -0.2) is 23.8 Å². The highest BCUT2D eigenvalue weighted by atomic mass is 32.2. The van der Waals surface area contributed by atoms with Gasteiger partial charge in [-0.05, 0) is 18.2 Å². The molecule has 0 atom stereocenters. The Morgan fingerprint density at radius 3 is 2.17 bits per heavy atom. The van der Waals surface area contributed by atoms with E-state index in [-0.39, 0.29) is 33.8 Å². The summed E-state index contributed by atoms with van der Waals surface area (Å²) in [6.45, 7) is 0. The molecule has 0 saturated carbocycles. The summed E-state index contributed by atoms with van der Waals surface area (Å²) >= 11 is 1.42. The first-order valence-electron chi connectivity index (χ1n) is 9.38. The summed E-state index contributed by atoms with van der Waals surface area (Å²) in [4.78, 5) is 28.7. The summed E-state index contributed by atoms with van der Waals surface area (Å²) in [5, 5.41) is 12.3. The van der Waals surface area contributed by atoms with Gasteiger partial charge in [-0.2, -0.15) is 0 Å². The minimum atomic E-state index is -0.407. The number of fused-ring (bicyclic) bond motifs is 3. The van der Waals surface area contributed by atoms with Crippen molar-refractivity contribution in [3.8, 4) is 11.5 Å². The Hall–Kier alpha value is -3.57. The average Bonchev–Trinajstić information content (AvgIpc) is 2.79. The molecule has 0 heterocycles. The predicted molar refractivity (Wildman–Crippen MR) is 116 cm³/mol. The Bertz CT molecular complexity index is 1340. The SMILES string of the molecule is COc1cccc2c1C(=O)c1c(c(Sc3ccccc3)c3ccccc3c1O)C2=O. The Morgan fingerprint density at radius 2 is 1.43 bits per heavy atom. The molecular weight excluding hydrogens is 396 g/mol. The van der Waals surface area contributed by atoms with Gasteiger partial charge in [0.05, 0.1) is 23.8 Å². The maximum absolute atomic E-state index is 13.6. The molecule has 30 heavy (non-hydrogen) atoms. The van der Waals surface area contributed by atoms with Gasteiger partial charge in [0.15, 0.2) is 5.78 Å². The molecule has 0 saturated heterocycles. The van der Waals surface area contributed by atoms with E-state index in [2.05, 4.69) is 0 Å². The van der Waals surface area contributed by atoms with Gasteiger partial charge in [-0.1, -0.05) is 66.4 Å². The quantitative estimate of drug-likeness (QED) is 0.425. The largest absolute Gasteiger partial charge is 0.507 e. The maximum Gasteiger partial charge on any atom is 0.202 e. The smallest absolute Gasteiger partial charge is 0.202 e. The third-order valence-electron chi connectivity index (χ3n) is 5.28. The van der Waals surface area contributed by atoms with Crippen molar-refractivity contribution < 1.29 is 19.4 Å². The van der Waals surface area contributed by atoms with Gasteiger partial charge in [0.2, 0.25) is 5.78 Å². The standard InChI is InChI=1S/C25H16O4S/c1-29-18-13-7-12-17-19(18)24(28)20-21(23(17)27)25(30-14-8-3-2-4-9-14)16-11-6-5-10-15(16)22(20)26/h2-13,26H,1H3. The number of hydrogen-bond acceptors (Lipinski definition) is 5. The summed E-state index contributed by atoms with van der Waals surface area (Å²) in [7, 11) is 1.46. The van der Waals surface area contributed by atoms with Gasteiger partial charge in [-0.25, -0.2) is 0 Å². The Morgan fingerprint density at radius 1 is 0.733 bits per heavy atom. The second-order valence-corrected chi connectivity index (χ2v) is 8.01. The second-order valence-electron chi connectivity index (χ2n) is 6.93. The first kappa shape index (κ1) is 18.5. The second kappa shape index (κ2) is 7.04. The van der Waals surface area contributed by atoms with Gasteiger partial charge >= 0.3 is 0 Å². The van der Waals surface area contributed by atoms with Crippen molar-refractivity contribution in [3.63, 3.8) is 0 Å². The molecule has 146 valence electrons. The molecule has 4 aromatic carbocycles. The van der Waals surface area contributed by atoms with Crippen LogP contribution in [0.15, 0.2) is 82.6 Å². The number of phenolic OH excluding ortho intramolecular Hbond substituents is 1. The molecule has 0 fully saturated rings. The number of phenols is 1. The van der Waals surface area contributed by atoms with E-state index in [0.717, 1.165) is 10.3 Å². The minimum Gasteiger partial charge on any atom is -0.507 e. The van der Waals surface area contributed by atoms with Crippen LogP contribution in [0, 0.1) is 0 Å². The van der Waals surface area contributed by atoms with Crippen molar-refractivity contribution >= 4 is 34.1 Å². The van der Waals surface area contributed by atoms with Crippen LogP contribution >= 0.6 is 11.8 Å². The minimum absolute atomic E-state index is 0.0362. The van der Waals surface area contributed by atoms with Gasteiger partial charge in [0.1, 0.15) is 11.5 Å². The van der Waals surface area contributed by atoms with E-state index in [1.165, 1.54) is 18.9 Å². The number of hydrogen-bond donors (Lipinski definition) is 1. The van der Waals surface area contributed by atoms with Crippen LogP contribution in [0.5, 0.6) is 11.5 Å². The Balaban J connectivity index is 1.87.